The van der Waals surface area contributed by atoms with Crippen LogP contribution >= 0.6 is 11.6 Å². The van der Waals surface area contributed by atoms with Gasteiger partial charge in [0.05, 0.1) is 17.3 Å². The molecule has 3 heterocycles. The molecule has 1 aliphatic rings. The van der Waals surface area contributed by atoms with Crippen molar-refractivity contribution in [2.24, 2.45) is 11.8 Å². The summed E-state index contributed by atoms with van der Waals surface area (Å²) in [7, 11) is 0. The first-order chi connectivity index (χ1) is 15.3. The van der Waals surface area contributed by atoms with Gasteiger partial charge in [0.15, 0.2) is 0 Å². The molecule has 0 aliphatic carbocycles. The molecule has 3 aromatic rings. The SMILES string of the molecule is CCc1nc(CN2CC(C(=O)O)C2)ccc1-c1noc(-c2ccc(CC(C)C)c(Cl)c2)n1. The molecule has 1 fully saturated rings. The monoisotopic (exact) mass is 454 g/mol. The van der Waals surface area contributed by atoms with Crippen molar-refractivity contribution in [2.75, 3.05) is 13.1 Å². The molecule has 8 heteroatoms. The zero-order chi connectivity index (χ0) is 22.8. The smallest absolute Gasteiger partial charge is 0.309 e. The molecule has 32 heavy (non-hydrogen) atoms. The van der Waals surface area contributed by atoms with Gasteiger partial charge in [0.25, 0.3) is 5.89 Å². The minimum Gasteiger partial charge on any atom is -0.481 e. The van der Waals surface area contributed by atoms with E-state index in [0.29, 0.717) is 42.3 Å². The van der Waals surface area contributed by atoms with E-state index in [4.69, 9.17) is 26.2 Å². The van der Waals surface area contributed by atoms with E-state index in [1.807, 2.05) is 37.3 Å². The van der Waals surface area contributed by atoms with Gasteiger partial charge in [-0.1, -0.05) is 43.6 Å². The Bertz CT molecular complexity index is 1120. The summed E-state index contributed by atoms with van der Waals surface area (Å²) in [5, 5.41) is 13.9. The van der Waals surface area contributed by atoms with Crippen LogP contribution in [0.2, 0.25) is 5.02 Å². The molecule has 0 amide bonds. The minimum absolute atomic E-state index is 0.273. The molecular weight excluding hydrogens is 428 g/mol. The predicted molar refractivity (Wildman–Crippen MR) is 122 cm³/mol. The Morgan fingerprint density at radius 1 is 1.25 bits per heavy atom. The average Bonchev–Trinajstić information content (AvgIpc) is 3.21. The lowest BCUT2D eigenvalue weighted by Gasteiger charge is -2.36. The van der Waals surface area contributed by atoms with Crippen LogP contribution in [0.5, 0.6) is 0 Å². The number of nitrogens with zero attached hydrogens (tertiary/aromatic N) is 4. The Morgan fingerprint density at radius 2 is 2.03 bits per heavy atom. The number of halogens is 1. The van der Waals surface area contributed by atoms with Crippen molar-refractivity contribution in [3.05, 3.63) is 52.3 Å². The normalized spacial score (nSPS) is 14.7. The van der Waals surface area contributed by atoms with Crippen LogP contribution < -0.4 is 0 Å². The predicted octanol–water partition coefficient (Wildman–Crippen LogP) is 4.73. The van der Waals surface area contributed by atoms with Gasteiger partial charge < -0.3 is 9.63 Å². The van der Waals surface area contributed by atoms with Gasteiger partial charge in [-0.2, -0.15) is 4.98 Å². The Hall–Kier alpha value is -2.77. The summed E-state index contributed by atoms with van der Waals surface area (Å²) in [6.07, 6.45) is 1.64. The summed E-state index contributed by atoms with van der Waals surface area (Å²) in [6, 6.07) is 9.75. The van der Waals surface area contributed by atoms with E-state index in [-0.39, 0.29) is 5.92 Å². The first-order valence-electron chi connectivity index (χ1n) is 10.9. The zero-order valence-corrected chi connectivity index (χ0v) is 19.3. The van der Waals surface area contributed by atoms with Gasteiger partial charge in [-0.15, -0.1) is 0 Å². The van der Waals surface area contributed by atoms with E-state index >= 15 is 0 Å². The second kappa shape index (κ2) is 9.38. The molecule has 0 unspecified atom stereocenters. The molecule has 0 bridgehead atoms. The van der Waals surface area contributed by atoms with E-state index in [0.717, 1.165) is 40.9 Å². The van der Waals surface area contributed by atoms with E-state index < -0.39 is 5.97 Å². The lowest BCUT2D eigenvalue weighted by molar-refractivity contribution is -0.147. The van der Waals surface area contributed by atoms with Crippen LogP contribution in [0.3, 0.4) is 0 Å². The largest absolute Gasteiger partial charge is 0.481 e. The van der Waals surface area contributed by atoms with Crippen LogP contribution in [0.1, 0.15) is 37.7 Å². The molecule has 168 valence electrons. The lowest BCUT2D eigenvalue weighted by Crippen LogP contribution is -2.49. The molecule has 0 atom stereocenters. The number of likely N-dealkylation sites (tertiary alicyclic amines) is 1. The fourth-order valence-electron chi connectivity index (χ4n) is 3.93. The van der Waals surface area contributed by atoms with Crippen molar-refractivity contribution in [3.8, 4) is 22.8 Å². The van der Waals surface area contributed by atoms with Gasteiger partial charge in [0, 0.05) is 35.8 Å². The fourth-order valence-corrected chi connectivity index (χ4v) is 4.19. The Morgan fingerprint density at radius 3 is 2.69 bits per heavy atom. The topological polar surface area (TPSA) is 92.4 Å². The third-order valence-electron chi connectivity index (χ3n) is 5.65. The van der Waals surface area contributed by atoms with Crippen LogP contribution in [0.4, 0.5) is 0 Å². The zero-order valence-electron chi connectivity index (χ0n) is 18.5. The number of hydrogen-bond acceptors (Lipinski definition) is 6. The van der Waals surface area contributed by atoms with Crippen molar-refractivity contribution in [1.82, 2.24) is 20.0 Å². The van der Waals surface area contributed by atoms with Gasteiger partial charge in [-0.05, 0) is 48.6 Å². The van der Waals surface area contributed by atoms with Gasteiger partial charge in [-0.3, -0.25) is 14.7 Å². The van der Waals surface area contributed by atoms with Crippen LogP contribution in [0.25, 0.3) is 22.8 Å². The highest BCUT2D eigenvalue weighted by molar-refractivity contribution is 6.31. The lowest BCUT2D eigenvalue weighted by atomic mass is 10.0. The summed E-state index contributed by atoms with van der Waals surface area (Å²) in [5.74, 6) is 0.432. The highest BCUT2D eigenvalue weighted by atomic mass is 35.5. The molecule has 1 aliphatic heterocycles. The maximum Gasteiger partial charge on any atom is 0.309 e. The summed E-state index contributed by atoms with van der Waals surface area (Å²) >= 11 is 6.46. The first kappa shape index (κ1) is 22.4. The first-order valence-corrected chi connectivity index (χ1v) is 11.3. The number of hydrogen-bond donors (Lipinski definition) is 1. The second-order valence-electron chi connectivity index (χ2n) is 8.71. The Kier molecular flexibility index (Phi) is 6.58. The van der Waals surface area contributed by atoms with Gasteiger partial charge in [-0.25, -0.2) is 0 Å². The standard InChI is InChI=1S/C24H27ClN4O3/c1-4-21-19(8-7-18(26-21)13-29-11-17(12-29)24(30)31)22-27-23(32-28-22)16-6-5-15(9-14(2)3)20(25)10-16/h5-8,10,14,17H,4,9,11-13H2,1-3H3,(H,30,31). The summed E-state index contributed by atoms with van der Waals surface area (Å²) < 4.78 is 5.52. The van der Waals surface area contributed by atoms with E-state index in [2.05, 4.69) is 28.9 Å². The number of pyridine rings is 1. The number of aryl methyl sites for hydroxylation is 1. The number of aliphatic carboxylic acids is 1. The fraction of sp³-hybridized carbons (Fsp3) is 0.417. The molecule has 1 saturated heterocycles. The molecule has 1 aromatic carbocycles. The third kappa shape index (κ3) is 4.84. The molecule has 4 rings (SSSR count). The highest BCUT2D eigenvalue weighted by Crippen LogP contribution is 2.29. The number of carboxylic acids is 1. The van der Waals surface area contributed by atoms with E-state index in [1.165, 1.54) is 0 Å². The maximum absolute atomic E-state index is 11.0. The van der Waals surface area contributed by atoms with Crippen molar-refractivity contribution < 1.29 is 14.4 Å². The van der Waals surface area contributed by atoms with Crippen LogP contribution in [-0.4, -0.2) is 44.2 Å². The molecule has 7 nitrogen and oxygen atoms in total. The van der Waals surface area contributed by atoms with Crippen molar-refractivity contribution in [2.45, 2.75) is 40.2 Å². The number of rotatable bonds is 8. The number of aromatic nitrogens is 3. The maximum atomic E-state index is 11.0. The van der Waals surface area contributed by atoms with Gasteiger partial charge in [0.2, 0.25) is 5.82 Å². The average molecular weight is 455 g/mol. The Balaban J connectivity index is 1.51. The summed E-state index contributed by atoms with van der Waals surface area (Å²) in [5.41, 5.74) is 4.52. The summed E-state index contributed by atoms with van der Waals surface area (Å²) in [6.45, 7) is 8.12. The van der Waals surface area contributed by atoms with Gasteiger partial charge in [0.1, 0.15) is 0 Å². The van der Waals surface area contributed by atoms with Crippen LogP contribution in [0, 0.1) is 11.8 Å². The number of benzene rings is 1. The van der Waals surface area contributed by atoms with Gasteiger partial charge >= 0.3 is 5.97 Å². The quantitative estimate of drug-likeness (QED) is 0.526. The second-order valence-corrected chi connectivity index (χ2v) is 9.11. The molecule has 1 N–H and O–H groups in total. The van der Waals surface area contributed by atoms with E-state index in [9.17, 15) is 4.79 Å². The molecule has 0 saturated carbocycles. The third-order valence-corrected chi connectivity index (χ3v) is 6.01. The molecular formula is C24H27ClN4O3. The van der Waals surface area contributed by atoms with E-state index in [1.54, 1.807) is 0 Å². The minimum atomic E-state index is -0.734. The van der Waals surface area contributed by atoms with Crippen molar-refractivity contribution in [1.29, 1.82) is 0 Å². The highest BCUT2D eigenvalue weighted by Gasteiger charge is 2.32. The number of carbonyl (C=O) groups is 1. The Labute approximate surface area is 192 Å². The van der Waals surface area contributed by atoms with Crippen molar-refractivity contribution in [3.63, 3.8) is 0 Å². The number of carboxylic acid groups (broad SMARTS) is 1. The molecule has 2 aromatic heterocycles. The molecule has 0 radical (unpaired) electrons. The van der Waals surface area contributed by atoms with Crippen LogP contribution in [0.15, 0.2) is 34.9 Å². The van der Waals surface area contributed by atoms with Crippen molar-refractivity contribution >= 4 is 17.6 Å². The molecule has 0 spiro atoms. The summed E-state index contributed by atoms with van der Waals surface area (Å²) in [4.78, 5) is 22.4. The van der Waals surface area contributed by atoms with Crippen LogP contribution in [-0.2, 0) is 24.2 Å².